The Hall–Kier alpha value is -2.29. The van der Waals surface area contributed by atoms with Gasteiger partial charge >= 0.3 is 0 Å². The summed E-state index contributed by atoms with van der Waals surface area (Å²) >= 11 is 0. The second kappa shape index (κ2) is 6.46. The quantitative estimate of drug-likeness (QED) is 0.790. The van der Waals surface area contributed by atoms with Crippen LogP contribution in [0.3, 0.4) is 0 Å². The molecule has 1 fully saturated rings. The number of ether oxygens (including phenoxy) is 2. The standard InChI is InChI=1S/C17H21NO7S/c1-17(2)7-13(20)16-12(19)5-11(6-14(16)25-17)24-8-15(21)18-10-3-4-26(22,23)9-10/h5-6,10,19H,3-4,7-9H2,1-2H3,(H,18,21)/t10-/m0/s1. The summed E-state index contributed by atoms with van der Waals surface area (Å²) in [5.41, 5.74) is -0.585. The molecule has 1 aromatic carbocycles. The number of Topliss-reactive ketones (excluding diaryl/α,β-unsaturated/α-hetero) is 1. The molecule has 2 aliphatic rings. The molecular weight excluding hydrogens is 362 g/mol. The van der Waals surface area contributed by atoms with Crippen LogP contribution in [0.4, 0.5) is 0 Å². The van der Waals surface area contributed by atoms with Crippen molar-refractivity contribution in [2.75, 3.05) is 18.1 Å². The van der Waals surface area contributed by atoms with Crippen LogP contribution in [0.1, 0.15) is 37.0 Å². The first-order valence-corrected chi connectivity index (χ1v) is 10.1. The highest BCUT2D eigenvalue weighted by molar-refractivity contribution is 7.91. The van der Waals surface area contributed by atoms with Crippen molar-refractivity contribution in [2.45, 2.75) is 38.3 Å². The van der Waals surface area contributed by atoms with Crippen molar-refractivity contribution in [3.05, 3.63) is 17.7 Å². The zero-order valence-electron chi connectivity index (χ0n) is 14.6. The van der Waals surface area contributed by atoms with Crippen LogP contribution in [-0.4, -0.2) is 55.0 Å². The molecule has 142 valence electrons. The second-order valence-corrected chi connectivity index (χ2v) is 9.46. The lowest BCUT2D eigenvalue weighted by Crippen LogP contribution is -2.38. The molecule has 3 rings (SSSR count). The number of sulfone groups is 1. The maximum atomic E-state index is 12.2. The Morgan fingerprint density at radius 1 is 1.42 bits per heavy atom. The molecule has 1 atom stereocenters. The molecule has 2 heterocycles. The zero-order valence-corrected chi connectivity index (χ0v) is 15.4. The molecule has 0 unspecified atom stereocenters. The van der Waals surface area contributed by atoms with E-state index in [9.17, 15) is 23.1 Å². The van der Waals surface area contributed by atoms with E-state index in [1.165, 1.54) is 12.1 Å². The molecule has 1 aromatic rings. The first-order chi connectivity index (χ1) is 12.0. The molecule has 0 spiro atoms. The van der Waals surface area contributed by atoms with Gasteiger partial charge in [0.15, 0.2) is 22.2 Å². The minimum atomic E-state index is -3.08. The molecule has 8 nitrogen and oxygen atoms in total. The molecule has 2 aliphatic heterocycles. The predicted molar refractivity (Wildman–Crippen MR) is 92.5 cm³/mol. The number of aromatic hydroxyl groups is 1. The Bertz CT molecular complexity index is 860. The van der Waals surface area contributed by atoms with E-state index >= 15 is 0 Å². The molecular formula is C17H21NO7S. The van der Waals surface area contributed by atoms with Gasteiger partial charge in [0.05, 0.1) is 17.9 Å². The number of carbonyl (C=O) groups excluding carboxylic acids is 2. The van der Waals surface area contributed by atoms with Gasteiger partial charge < -0.3 is 19.9 Å². The van der Waals surface area contributed by atoms with Gasteiger partial charge in [0.2, 0.25) is 0 Å². The largest absolute Gasteiger partial charge is 0.507 e. The van der Waals surface area contributed by atoms with E-state index in [4.69, 9.17) is 9.47 Å². The van der Waals surface area contributed by atoms with E-state index in [-0.39, 0.29) is 53.1 Å². The fraction of sp³-hybridized carbons (Fsp3) is 0.529. The lowest BCUT2D eigenvalue weighted by Gasteiger charge is -2.32. The van der Waals surface area contributed by atoms with Gasteiger partial charge in [-0.3, -0.25) is 9.59 Å². The molecule has 0 aromatic heterocycles. The van der Waals surface area contributed by atoms with Gasteiger partial charge in [-0.25, -0.2) is 8.42 Å². The Balaban J connectivity index is 1.65. The SMILES string of the molecule is CC1(C)CC(=O)c2c(O)cc(OCC(=O)N[C@H]3CCS(=O)(=O)C3)cc2O1. The van der Waals surface area contributed by atoms with E-state index in [1.807, 2.05) is 0 Å². The highest BCUT2D eigenvalue weighted by atomic mass is 32.2. The number of ketones is 1. The van der Waals surface area contributed by atoms with Crippen LogP contribution in [-0.2, 0) is 14.6 Å². The van der Waals surface area contributed by atoms with Gasteiger partial charge in [-0.2, -0.15) is 0 Å². The van der Waals surface area contributed by atoms with Crippen LogP contribution < -0.4 is 14.8 Å². The summed E-state index contributed by atoms with van der Waals surface area (Å²) in [6.07, 6.45) is 0.541. The highest BCUT2D eigenvalue weighted by Gasteiger charge is 2.35. The Labute approximate surface area is 151 Å². The van der Waals surface area contributed by atoms with Crippen molar-refractivity contribution in [3.63, 3.8) is 0 Å². The first-order valence-electron chi connectivity index (χ1n) is 8.26. The molecule has 1 amide bonds. The van der Waals surface area contributed by atoms with Crippen LogP contribution >= 0.6 is 0 Å². The Morgan fingerprint density at radius 3 is 2.81 bits per heavy atom. The van der Waals surface area contributed by atoms with Gasteiger partial charge in [0, 0.05) is 18.2 Å². The van der Waals surface area contributed by atoms with E-state index in [2.05, 4.69) is 5.32 Å². The van der Waals surface area contributed by atoms with E-state index < -0.39 is 27.4 Å². The summed E-state index contributed by atoms with van der Waals surface area (Å²) in [7, 11) is -3.08. The van der Waals surface area contributed by atoms with Crippen LogP contribution in [0, 0.1) is 0 Å². The lowest BCUT2D eigenvalue weighted by molar-refractivity contribution is -0.123. The average molecular weight is 383 g/mol. The van der Waals surface area contributed by atoms with E-state index in [0.29, 0.717) is 6.42 Å². The topological polar surface area (TPSA) is 119 Å². The molecule has 0 radical (unpaired) electrons. The van der Waals surface area contributed by atoms with Crippen molar-refractivity contribution in [3.8, 4) is 17.2 Å². The number of nitrogens with one attached hydrogen (secondary N) is 1. The van der Waals surface area contributed by atoms with Crippen LogP contribution in [0.5, 0.6) is 17.2 Å². The number of benzene rings is 1. The highest BCUT2D eigenvalue weighted by Crippen LogP contribution is 2.40. The van der Waals surface area contributed by atoms with Crippen LogP contribution in [0.15, 0.2) is 12.1 Å². The summed E-state index contributed by atoms with van der Waals surface area (Å²) in [5, 5.41) is 12.7. The number of hydrogen-bond donors (Lipinski definition) is 2. The minimum Gasteiger partial charge on any atom is -0.507 e. The fourth-order valence-electron chi connectivity index (χ4n) is 3.16. The lowest BCUT2D eigenvalue weighted by atomic mass is 9.92. The molecule has 2 N–H and O–H groups in total. The zero-order chi connectivity index (χ0) is 19.1. The molecule has 0 saturated carbocycles. The summed E-state index contributed by atoms with van der Waals surface area (Å²) in [4.78, 5) is 24.1. The fourth-order valence-corrected chi connectivity index (χ4v) is 4.83. The minimum absolute atomic E-state index is 0.0661. The van der Waals surface area contributed by atoms with Crippen LogP contribution in [0.2, 0.25) is 0 Å². The Morgan fingerprint density at radius 2 is 2.15 bits per heavy atom. The smallest absolute Gasteiger partial charge is 0.258 e. The number of rotatable bonds is 4. The first kappa shape index (κ1) is 18.5. The third-order valence-electron chi connectivity index (χ3n) is 4.27. The van der Waals surface area contributed by atoms with E-state index in [1.54, 1.807) is 13.8 Å². The van der Waals surface area contributed by atoms with Crippen molar-refractivity contribution in [1.29, 1.82) is 0 Å². The molecule has 9 heteroatoms. The van der Waals surface area contributed by atoms with Crippen molar-refractivity contribution >= 4 is 21.5 Å². The van der Waals surface area contributed by atoms with Crippen molar-refractivity contribution < 1.29 is 32.6 Å². The molecule has 0 bridgehead atoms. The van der Waals surface area contributed by atoms with Gasteiger partial charge in [-0.05, 0) is 20.3 Å². The van der Waals surface area contributed by atoms with Crippen molar-refractivity contribution in [2.24, 2.45) is 0 Å². The molecule has 0 aliphatic carbocycles. The van der Waals surface area contributed by atoms with Gasteiger partial charge in [0.1, 0.15) is 28.4 Å². The van der Waals surface area contributed by atoms with Crippen LogP contribution in [0.25, 0.3) is 0 Å². The summed E-state index contributed by atoms with van der Waals surface area (Å²) in [5.74, 6) is -0.547. The predicted octanol–water partition coefficient (Wildman–Crippen LogP) is 0.818. The number of phenolic OH excluding ortho intramolecular Hbond substituents is 1. The summed E-state index contributed by atoms with van der Waals surface area (Å²) in [6, 6.07) is 2.31. The third-order valence-corrected chi connectivity index (χ3v) is 6.04. The monoisotopic (exact) mass is 383 g/mol. The molecule has 1 saturated heterocycles. The number of fused-ring (bicyclic) bond motifs is 1. The van der Waals surface area contributed by atoms with Crippen molar-refractivity contribution in [1.82, 2.24) is 5.32 Å². The normalized spacial score (nSPS) is 23.0. The number of carbonyl (C=O) groups is 2. The second-order valence-electron chi connectivity index (χ2n) is 7.23. The summed E-state index contributed by atoms with van der Waals surface area (Å²) in [6.45, 7) is 3.19. The average Bonchev–Trinajstić information content (AvgIpc) is 2.81. The van der Waals surface area contributed by atoms with Gasteiger partial charge in [0.25, 0.3) is 5.91 Å². The van der Waals surface area contributed by atoms with Gasteiger partial charge in [-0.15, -0.1) is 0 Å². The Kier molecular flexibility index (Phi) is 4.60. The maximum absolute atomic E-state index is 12.2. The van der Waals surface area contributed by atoms with E-state index in [0.717, 1.165) is 0 Å². The number of hydrogen-bond acceptors (Lipinski definition) is 7. The maximum Gasteiger partial charge on any atom is 0.258 e. The third kappa shape index (κ3) is 4.09. The summed E-state index contributed by atoms with van der Waals surface area (Å²) < 4.78 is 33.9. The van der Waals surface area contributed by atoms with Gasteiger partial charge in [-0.1, -0.05) is 0 Å². The number of phenols is 1. The molecule has 26 heavy (non-hydrogen) atoms. The number of amides is 1.